The molecule has 1 saturated carbocycles. The summed E-state index contributed by atoms with van der Waals surface area (Å²) >= 11 is 1.27. The van der Waals surface area contributed by atoms with Crippen molar-refractivity contribution in [3.8, 4) is 0 Å². The molecule has 1 aromatic heterocycles. The fourth-order valence-corrected chi connectivity index (χ4v) is 3.23. The minimum Gasteiger partial charge on any atom is -0.370 e. The van der Waals surface area contributed by atoms with Gasteiger partial charge in [0.1, 0.15) is 5.82 Å². The lowest BCUT2D eigenvalue weighted by molar-refractivity contribution is -0.118. The van der Waals surface area contributed by atoms with Crippen molar-refractivity contribution in [2.75, 3.05) is 0 Å². The highest BCUT2D eigenvalue weighted by Crippen LogP contribution is 2.40. The normalized spacial score (nSPS) is 14.2. The fraction of sp³-hybridized carbons (Fsp3) is 0.400. The number of benzene rings is 1. The van der Waals surface area contributed by atoms with Crippen LogP contribution < -0.4 is 5.73 Å². The Kier molecular flexibility index (Phi) is 4.61. The van der Waals surface area contributed by atoms with Gasteiger partial charge in [0.05, 0.1) is 0 Å². The van der Waals surface area contributed by atoms with Crippen molar-refractivity contribution in [2.24, 2.45) is 5.73 Å². The summed E-state index contributed by atoms with van der Waals surface area (Å²) in [6.07, 6.45) is 2.30. The molecule has 8 heteroatoms. The van der Waals surface area contributed by atoms with E-state index in [9.17, 15) is 13.6 Å². The molecule has 122 valence electrons. The molecule has 0 unspecified atom stereocenters. The summed E-state index contributed by atoms with van der Waals surface area (Å²) < 4.78 is 28.8. The predicted molar refractivity (Wildman–Crippen MR) is 81.7 cm³/mol. The lowest BCUT2D eigenvalue weighted by atomic mass is 10.2. The average Bonchev–Trinajstić information content (AvgIpc) is 3.28. The third-order valence-electron chi connectivity index (χ3n) is 3.66. The van der Waals surface area contributed by atoms with E-state index >= 15 is 0 Å². The minimum atomic E-state index is -0.864. The monoisotopic (exact) mass is 338 g/mol. The Hall–Kier alpha value is -1.96. The molecule has 5 nitrogen and oxygen atoms in total. The Morgan fingerprint density at radius 2 is 2.13 bits per heavy atom. The molecule has 0 spiro atoms. The van der Waals surface area contributed by atoms with E-state index in [1.807, 2.05) is 4.57 Å². The zero-order chi connectivity index (χ0) is 16.4. The van der Waals surface area contributed by atoms with Crippen LogP contribution in [0.25, 0.3) is 0 Å². The van der Waals surface area contributed by atoms with Crippen molar-refractivity contribution in [1.82, 2.24) is 14.8 Å². The van der Waals surface area contributed by atoms with Crippen LogP contribution >= 0.6 is 11.8 Å². The zero-order valence-electron chi connectivity index (χ0n) is 12.3. The molecule has 0 saturated heterocycles. The van der Waals surface area contributed by atoms with Gasteiger partial charge in [0.2, 0.25) is 5.91 Å². The third kappa shape index (κ3) is 3.69. The number of nitrogens with two attached hydrogens (primary N) is 1. The maximum atomic E-state index is 13.7. The van der Waals surface area contributed by atoms with E-state index in [1.54, 1.807) is 0 Å². The molecule has 1 amide bonds. The molecule has 2 N–H and O–H groups in total. The molecular weight excluding hydrogens is 322 g/mol. The summed E-state index contributed by atoms with van der Waals surface area (Å²) in [4.78, 5) is 11.0. The van der Waals surface area contributed by atoms with Gasteiger partial charge in [0.25, 0.3) is 0 Å². The Bertz CT molecular complexity index is 730. The highest BCUT2D eigenvalue weighted by atomic mass is 32.2. The molecule has 0 aliphatic heterocycles. The molecule has 23 heavy (non-hydrogen) atoms. The van der Waals surface area contributed by atoms with E-state index in [-0.39, 0.29) is 17.7 Å². The Morgan fingerprint density at radius 3 is 2.83 bits per heavy atom. The lowest BCUT2D eigenvalue weighted by Crippen LogP contribution is -2.15. The first-order valence-electron chi connectivity index (χ1n) is 7.33. The number of amides is 1. The molecule has 3 rings (SSSR count). The maximum Gasteiger partial charge on any atom is 0.219 e. The van der Waals surface area contributed by atoms with Crippen LogP contribution in [0, 0.1) is 11.6 Å². The first-order valence-corrected chi connectivity index (χ1v) is 8.32. The summed E-state index contributed by atoms with van der Waals surface area (Å²) in [5, 5.41) is 8.90. The van der Waals surface area contributed by atoms with Gasteiger partial charge in [0, 0.05) is 30.2 Å². The van der Waals surface area contributed by atoms with E-state index < -0.39 is 17.5 Å². The van der Waals surface area contributed by atoms with Gasteiger partial charge >= 0.3 is 0 Å². The number of primary amides is 1. The number of thioether (sulfide) groups is 1. The van der Waals surface area contributed by atoms with E-state index in [4.69, 9.17) is 5.73 Å². The molecule has 0 atom stereocenters. The second-order valence-electron chi connectivity index (χ2n) is 5.48. The Labute approximate surface area is 136 Å². The minimum absolute atomic E-state index is 0.194. The molecule has 1 aliphatic rings. The largest absolute Gasteiger partial charge is 0.370 e. The first-order chi connectivity index (χ1) is 11.1. The van der Waals surface area contributed by atoms with Crippen LogP contribution in [0.4, 0.5) is 8.78 Å². The quantitative estimate of drug-likeness (QED) is 0.788. The van der Waals surface area contributed by atoms with Gasteiger partial charge in [-0.05, 0) is 18.9 Å². The predicted octanol–water partition coefficient (Wildman–Crippen LogP) is 2.60. The Balaban J connectivity index is 1.76. The first kappa shape index (κ1) is 15.9. The smallest absolute Gasteiger partial charge is 0.219 e. The molecule has 1 heterocycles. The van der Waals surface area contributed by atoms with Crippen LogP contribution in [-0.4, -0.2) is 20.7 Å². The third-order valence-corrected chi connectivity index (χ3v) is 4.67. The topological polar surface area (TPSA) is 73.8 Å². The molecule has 0 radical (unpaired) electrons. The van der Waals surface area contributed by atoms with Crippen molar-refractivity contribution < 1.29 is 13.6 Å². The standard InChI is InChI=1S/C15H16F2N4OS/c16-11-3-1-2-10(13(11)17)8-23-15-20-19-14(9-4-5-9)21(15)7-6-12(18)22/h1-3,9H,4-8H2,(H2,18,22). The van der Waals surface area contributed by atoms with Crippen LogP contribution in [0.2, 0.25) is 0 Å². The van der Waals surface area contributed by atoms with E-state index in [0.717, 1.165) is 24.7 Å². The maximum absolute atomic E-state index is 13.7. The molecular formula is C15H16F2N4OS. The molecule has 1 fully saturated rings. The van der Waals surface area contributed by atoms with E-state index in [0.29, 0.717) is 17.6 Å². The zero-order valence-corrected chi connectivity index (χ0v) is 13.2. The highest BCUT2D eigenvalue weighted by molar-refractivity contribution is 7.98. The number of aromatic nitrogens is 3. The second-order valence-corrected chi connectivity index (χ2v) is 6.43. The van der Waals surface area contributed by atoms with Gasteiger partial charge < -0.3 is 10.3 Å². The van der Waals surface area contributed by atoms with Crippen molar-refractivity contribution >= 4 is 17.7 Å². The fourth-order valence-electron chi connectivity index (χ4n) is 2.28. The van der Waals surface area contributed by atoms with Crippen LogP contribution in [-0.2, 0) is 17.1 Å². The van der Waals surface area contributed by atoms with Crippen molar-refractivity contribution in [1.29, 1.82) is 0 Å². The second kappa shape index (κ2) is 6.66. The van der Waals surface area contributed by atoms with Gasteiger partial charge in [-0.15, -0.1) is 10.2 Å². The summed E-state index contributed by atoms with van der Waals surface area (Å²) in [6, 6.07) is 4.10. The van der Waals surface area contributed by atoms with Crippen LogP contribution in [0.15, 0.2) is 23.4 Å². The molecule has 0 bridgehead atoms. The van der Waals surface area contributed by atoms with Gasteiger partial charge in [-0.3, -0.25) is 4.79 Å². The number of halogens is 2. The SMILES string of the molecule is NC(=O)CCn1c(SCc2cccc(F)c2F)nnc1C1CC1. The Morgan fingerprint density at radius 1 is 1.35 bits per heavy atom. The number of nitrogens with zero attached hydrogens (tertiary/aromatic N) is 3. The molecule has 1 aliphatic carbocycles. The van der Waals surface area contributed by atoms with Gasteiger partial charge in [-0.2, -0.15) is 0 Å². The summed E-state index contributed by atoms with van der Waals surface area (Å²) in [7, 11) is 0. The van der Waals surface area contributed by atoms with Gasteiger partial charge in [0.15, 0.2) is 16.8 Å². The summed E-state index contributed by atoms with van der Waals surface area (Å²) in [5.41, 5.74) is 5.48. The molecule has 1 aromatic carbocycles. The van der Waals surface area contributed by atoms with Gasteiger partial charge in [-0.1, -0.05) is 23.9 Å². The van der Waals surface area contributed by atoms with Gasteiger partial charge in [-0.25, -0.2) is 8.78 Å². The van der Waals surface area contributed by atoms with E-state index in [2.05, 4.69) is 10.2 Å². The number of carbonyl (C=O) groups is 1. The average molecular weight is 338 g/mol. The highest BCUT2D eigenvalue weighted by Gasteiger charge is 2.30. The lowest BCUT2D eigenvalue weighted by Gasteiger charge is -2.09. The van der Waals surface area contributed by atoms with Crippen LogP contribution in [0.5, 0.6) is 0 Å². The van der Waals surface area contributed by atoms with Crippen LogP contribution in [0.1, 0.15) is 36.6 Å². The summed E-state index contributed by atoms with van der Waals surface area (Å²) in [6.45, 7) is 0.405. The van der Waals surface area contributed by atoms with Crippen molar-refractivity contribution in [3.05, 3.63) is 41.2 Å². The van der Waals surface area contributed by atoms with E-state index in [1.165, 1.54) is 23.9 Å². The number of hydrogen-bond acceptors (Lipinski definition) is 4. The number of rotatable bonds is 7. The number of hydrogen-bond donors (Lipinski definition) is 1. The van der Waals surface area contributed by atoms with Crippen molar-refractivity contribution in [3.63, 3.8) is 0 Å². The number of carbonyl (C=O) groups excluding carboxylic acids is 1. The summed E-state index contributed by atoms with van der Waals surface area (Å²) in [5.74, 6) is -0.651. The van der Waals surface area contributed by atoms with Crippen molar-refractivity contribution in [2.45, 2.75) is 42.6 Å². The molecule has 2 aromatic rings. The van der Waals surface area contributed by atoms with Crippen LogP contribution in [0.3, 0.4) is 0 Å².